The molecule has 1 aromatic carbocycles. The second-order valence-corrected chi connectivity index (χ2v) is 5.41. The first-order chi connectivity index (χ1) is 8.34. The molecule has 1 saturated heterocycles. The van der Waals surface area contributed by atoms with Crippen LogP contribution in [0.15, 0.2) is 30.3 Å². The van der Waals surface area contributed by atoms with Gasteiger partial charge in [-0.25, -0.2) is 0 Å². The van der Waals surface area contributed by atoms with Gasteiger partial charge in [0.25, 0.3) is 0 Å². The van der Waals surface area contributed by atoms with Crippen LogP contribution in [-0.2, 0) is 4.79 Å². The minimum atomic E-state index is 0.0365. The lowest BCUT2D eigenvalue weighted by molar-refractivity contribution is -0.115. The first kappa shape index (κ1) is 12.5. The van der Waals surface area contributed by atoms with Crippen molar-refractivity contribution in [3.63, 3.8) is 0 Å². The Morgan fingerprint density at radius 3 is 2.65 bits per heavy atom. The zero-order chi connectivity index (χ0) is 11.9. The van der Waals surface area contributed by atoms with E-state index in [2.05, 4.69) is 10.6 Å². The fourth-order valence-corrected chi connectivity index (χ4v) is 2.97. The van der Waals surface area contributed by atoms with E-state index < -0.39 is 0 Å². The average Bonchev–Trinajstić information content (AvgIpc) is 2.39. The van der Waals surface area contributed by atoms with Gasteiger partial charge in [-0.2, -0.15) is 11.8 Å². The molecule has 4 heteroatoms. The third-order valence-electron chi connectivity index (χ3n) is 2.83. The molecule has 1 fully saturated rings. The van der Waals surface area contributed by atoms with Gasteiger partial charge in [0.1, 0.15) is 0 Å². The SMILES string of the molecule is O=C(CNC1CCSCC1)Nc1ccccc1. The predicted octanol–water partition coefficient (Wildman–Crippen LogP) is 2.11. The predicted molar refractivity (Wildman–Crippen MR) is 73.4 cm³/mol. The van der Waals surface area contributed by atoms with Gasteiger partial charge >= 0.3 is 0 Å². The van der Waals surface area contributed by atoms with Crippen LogP contribution in [0.3, 0.4) is 0 Å². The molecule has 1 aliphatic rings. The molecule has 0 saturated carbocycles. The van der Waals surface area contributed by atoms with E-state index in [1.54, 1.807) is 0 Å². The molecule has 1 amide bonds. The van der Waals surface area contributed by atoms with E-state index in [-0.39, 0.29) is 5.91 Å². The normalized spacial score (nSPS) is 16.7. The number of para-hydroxylation sites is 1. The van der Waals surface area contributed by atoms with Crippen LogP contribution in [-0.4, -0.2) is 30.0 Å². The molecule has 0 aliphatic carbocycles. The van der Waals surface area contributed by atoms with Crippen LogP contribution in [0.1, 0.15) is 12.8 Å². The van der Waals surface area contributed by atoms with Crippen molar-refractivity contribution in [2.45, 2.75) is 18.9 Å². The molecule has 0 bridgehead atoms. The summed E-state index contributed by atoms with van der Waals surface area (Å²) in [7, 11) is 0. The molecule has 0 radical (unpaired) electrons. The van der Waals surface area contributed by atoms with Gasteiger partial charge in [-0.3, -0.25) is 4.79 Å². The van der Waals surface area contributed by atoms with Gasteiger partial charge in [0.05, 0.1) is 6.54 Å². The van der Waals surface area contributed by atoms with Crippen molar-refractivity contribution in [3.8, 4) is 0 Å². The number of carbonyl (C=O) groups excluding carboxylic acids is 1. The van der Waals surface area contributed by atoms with E-state index >= 15 is 0 Å². The van der Waals surface area contributed by atoms with Crippen molar-refractivity contribution in [3.05, 3.63) is 30.3 Å². The van der Waals surface area contributed by atoms with Crippen LogP contribution in [0.5, 0.6) is 0 Å². The van der Waals surface area contributed by atoms with E-state index in [0.717, 1.165) is 5.69 Å². The number of hydrogen-bond acceptors (Lipinski definition) is 3. The number of benzene rings is 1. The Kier molecular flexibility index (Phi) is 4.88. The number of hydrogen-bond donors (Lipinski definition) is 2. The van der Waals surface area contributed by atoms with Crippen molar-refractivity contribution in [2.24, 2.45) is 0 Å². The zero-order valence-electron chi connectivity index (χ0n) is 9.82. The highest BCUT2D eigenvalue weighted by Crippen LogP contribution is 2.16. The second kappa shape index (κ2) is 6.67. The van der Waals surface area contributed by atoms with Gasteiger partial charge in [-0.1, -0.05) is 18.2 Å². The molecule has 0 spiro atoms. The molecule has 3 nitrogen and oxygen atoms in total. The Balaban J connectivity index is 1.70. The molecule has 1 aliphatic heterocycles. The molecule has 92 valence electrons. The minimum absolute atomic E-state index is 0.0365. The van der Waals surface area contributed by atoms with Crippen molar-refractivity contribution < 1.29 is 4.79 Å². The van der Waals surface area contributed by atoms with Crippen LogP contribution in [0.2, 0.25) is 0 Å². The highest BCUT2D eigenvalue weighted by atomic mass is 32.2. The summed E-state index contributed by atoms with van der Waals surface area (Å²) in [4.78, 5) is 11.7. The molecular formula is C13H18N2OS. The largest absolute Gasteiger partial charge is 0.325 e. The van der Waals surface area contributed by atoms with Gasteiger partial charge in [0.2, 0.25) is 5.91 Å². The highest BCUT2D eigenvalue weighted by Gasteiger charge is 2.13. The van der Waals surface area contributed by atoms with E-state index in [0.29, 0.717) is 12.6 Å². The topological polar surface area (TPSA) is 41.1 Å². The van der Waals surface area contributed by atoms with Gasteiger partial charge in [0, 0.05) is 11.7 Å². The maximum absolute atomic E-state index is 11.7. The maximum atomic E-state index is 11.7. The summed E-state index contributed by atoms with van der Waals surface area (Å²) in [5, 5.41) is 6.19. The van der Waals surface area contributed by atoms with Crippen molar-refractivity contribution in [2.75, 3.05) is 23.4 Å². The Morgan fingerprint density at radius 2 is 1.94 bits per heavy atom. The first-order valence-electron chi connectivity index (χ1n) is 6.00. The summed E-state index contributed by atoms with van der Waals surface area (Å²) >= 11 is 1.99. The number of thioether (sulfide) groups is 1. The number of amides is 1. The third kappa shape index (κ3) is 4.40. The Morgan fingerprint density at radius 1 is 1.24 bits per heavy atom. The van der Waals surface area contributed by atoms with Gasteiger partial charge in [-0.15, -0.1) is 0 Å². The van der Waals surface area contributed by atoms with Crippen molar-refractivity contribution in [1.29, 1.82) is 0 Å². The third-order valence-corrected chi connectivity index (χ3v) is 3.88. The first-order valence-corrected chi connectivity index (χ1v) is 7.16. The minimum Gasteiger partial charge on any atom is -0.325 e. The lowest BCUT2D eigenvalue weighted by Gasteiger charge is -2.22. The van der Waals surface area contributed by atoms with Crippen molar-refractivity contribution >= 4 is 23.4 Å². The van der Waals surface area contributed by atoms with Crippen LogP contribution >= 0.6 is 11.8 Å². The highest BCUT2D eigenvalue weighted by molar-refractivity contribution is 7.99. The summed E-state index contributed by atoms with van der Waals surface area (Å²) in [6.45, 7) is 0.407. The van der Waals surface area contributed by atoms with Crippen LogP contribution in [0.4, 0.5) is 5.69 Å². The molecule has 0 unspecified atom stereocenters. The Bertz CT molecular complexity index is 350. The van der Waals surface area contributed by atoms with Crippen molar-refractivity contribution in [1.82, 2.24) is 5.32 Å². The van der Waals surface area contributed by atoms with Crippen LogP contribution < -0.4 is 10.6 Å². The lowest BCUT2D eigenvalue weighted by Crippen LogP contribution is -2.38. The summed E-state index contributed by atoms with van der Waals surface area (Å²) in [6.07, 6.45) is 2.34. The molecule has 17 heavy (non-hydrogen) atoms. The van der Waals surface area contributed by atoms with E-state index in [9.17, 15) is 4.79 Å². The monoisotopic (exact) mass is 250 g/mol. The molecule has 0 aromatic heterocycles. The quantitative estimate of drug-likeness (QED) is 0.860. The number of carbonyl (C=O) groups is 1. The second-order valence-electron chi connectivity index (χ2n) is 4.18. The van der Waals surface area contributed by atoms with E-state index in [1.807, 2.05) is 42.1 Å². The van der Waals surface area contributed by atoms with Gasteiger partial charge in [-0.05, 0) is 36.5 Å². The lowest BCUT2D eigenvalue weighted by atomic mass is 10.1. The maximum Gasteiger partial charge on any atom is 0.238 e. The zero-order valence-corrected chi connectivity index (χ0v) is 10.6. The molecule has 2 N–H and O–H groups in total. The fraction of sp³-hybridized carbons (Fsp3) is 0.462. The molecular weight excluding hydrogens is 232 g/mol. The van der Waals surface area contributed by atoms with Gasteiger partial charge in [0.15, 0.2) is 0 Å². The number of anilines is 1. The van der Waals surface area contributed by atoms with Gasteiger partial charge < -0.3 is 10.6 Å². The van der Waals surface area contributed by atoms with E-state index in [4.69, 9.17) is 0 Å². The summed E-state index contributed by atoms with van der Waals surface area (Å²) in [5.74, 6) is 2.45. The molecule has 1 heterocycles. The Hall–Kier alpha value is -1.00. The number of nitrogens with one attached hydrogen (secondary N) is 2. The van der Waals surface area contributed by atoms with Crippen LogP contribution in [0, 0.1) is 0 Å². The smallest absolute Gasteiger partial charge is 0.238 e. The molecule has 2 rings (SSSR count). The number of rotatable bonds is 4. The standard InChI is InChI=1S/C13H18N2OS/c16-13(15-12-4-2-1-3-5-12)10-14-11-6-8-17-9-7-11/h1-5,11,14H,6-10H2,(H,15,16). The summed E-state index contributed by atoms with van der Waals surface area (Å²) in [5.41, 5.74) is 0.860. The Labute approximate surface area is 106 Å². The molecule has 1 aromatic rings. The van der Waals surface area contributed by atoms with Crippen LogP contribution in [0.25, 0.3) is 0 Å². The molecule has 0 atom stereocenters. The average molecular weight is 250 g/mol. The summed E-state index contributed by atoms with van der Waals surface area (Å²) in [6, 6.07) is 10.1. The summed E-state index contributed by atoms with van der Waals surface area (Å²) < 4.78 is 0. The van der Waals surface area contributed by atoms with E-state index in [1.165, 1.54) is 24.3 Å². The fourth-order valence-electron chi connectivity index (χ4n) is 1.87.